The van der Waals surface area contributed by atoms with E-state index in [1.165, 1.54) is 0 Å². The lowest BCUT2D eigenvalue weighted by molar-refractivity contribution is -0.922. The summed E-state index contributed by atoms with van der Waals surface area (Å²) in [5.74, 6) is 0.576. The van der Waals surface area contributed by atoms with Crippen molar-refractivity contribution in [3.63, 3.8) is 0 Å². The summed E-state index contributed by atoms with van der Waals surface area (Å²) in [4.78, 5) is 28.3. The van der Waals surface area contributed by atoms with E-state index in [9.17, 15) is 9.59 Å². The van der Waals surface area contributed by atoms with Crippen LogP contribution in [0.15, 0.2) is 54.6 Å². The van der Waals surface area contributed by atoms with Gasteiger partial charge in [-0.25, -0.2) is 4.79 Å². The van der Waals surface area contributed by atoms with Crippen molar-refractivity contribution in [2.75, 3.05) is 44.7 Å². The van der Waals surface area contributed by atoms with Gasteiger partial charge in [-0.3, -0.25) is 10.1 Å². The molecule has 1 aliphatic heterocycles. The van der Waals surface area contributed by atoms with Crippen LogP contribution < -0.4 is 25.2 Å². The second-order valence-electron chi connectivity index (χ2n) is 7.01. The van der Waals surface area contributed by atoms with Gasteiger partial charge in [0, 0.05) is 12.1 Å². The number of anilines is 1. The number of urea groups is 1. The summed E-state index contributed by atoms with van der Waals surface area (Å²) in [6.07, 6.45) is 0. The maximum absolute atomic E-state index is 13.0. The zero-order valence-electron chi connectivity index (χ0n) is 17.0. The molecular weight excluding hydrogens is 368 g/mol. The minimum Gasteiger partial charge on any atom is -0.495 e. The van der Waals surface area contributed by atoms with Crippen molar-refractivity contribution in [3.8, 4) is 5.75 Å². The molecule has 0 radical (unpaired) electrons. The number of imide groups is 1. The number of hydrogen-bond acceptors (Lipinski definition) is 4. The molecule has 2 aromatic carbocycles. The smallest absolute Gasteiger partial charge is 0.321 e. The van der Waals surface area contributed by atoms with E-state index in [0.717, 1.165) is 48.1 Å². The molecule has 3 N–H and O–H groups in total. The molecule has 0 bridgehead atoms. The lowest BCUT2D eigenvalue weighted by atomic mass is 10.0. The molecule has 1 aliphatic rings. The van der Waals surface area contributed by atoms with Gasteiger partial charge < -0.3 is 19.9 Å². The molecule has 154 valence electrons. The summed E-state index contributed by atoms with van der Waals surface area (Å²) < 4.78 is 5.49. The summed E-state index contributed by atoms with van der Waals surface area (Å²) in [5.41, 5.74) is 1.98. The van der Waals surface area contributed by atoms with E-state index in [4.69, 9.17) is 4.74 Å². The second-order valence-corrected chi connectivity index (χ2v) is 7.01. The van der Waals surface area contributed by atoms with Gasteiger partial charge in [-0.2, -0.15) is 0 Å². The van der Waals surface area contributed by atoms with Gasteiger partial charge in [-0.15, -0.1) is 0 Å². The van der Waals surface area contributed by atoms with Gasteiger partial charge >= 0.3 is 6.03 Å². The van der Waals surface area contributed by atoms with E-state index in [2.05, 4.69) is 21.6 Å². The maximum atomic E-state index is 13.0. The van der Waals surface area contributed by atoms with Crippen LogP contribution in [-0.4, -0.2) is 51.8 Å². The average Bonchev–Trinajstić information content (AvgIpc) is 2.75. The quantitative estimate of drug-likeness (QED) is 0.680. The molecule has 1 fully saturated rings. The molecule has 1 saturated heterocycles. The van der Waals surface area contributed by atoms with Crippen LogP contribution in [0.3, 0.4) is 0 Å². The highest BCUT2D eigenvalue weighted by atomic mass is 16.5. The average molecular weight is 397 g/mol. The SMILES string of the molecule is CCNC(=O)NC(=O)[C@@H](c1ccccc1)[NH+]1CCN(c2ccccc2OC)CC1. The zero-order valence-corrected chi connectivity index (χ0v) is 17.0. The topological polar surface area (TPSA) is 75.1 Å². The largest absolute Gasteiger partial charge is 0.495 e. The van der Waals surface area contributed by atoms with Crippen LogP contribution in [0.25, 0.3) is 0 Å². The third kappa shape index (κ3) is 5.06. The number of para-hydroxylation sites is 2. The Bertz CT molecular complexity index is 820. The van der Waals surface area contributed by atoms with Crippen LogP contribution in [0, 0.1) is 0 Å². The van der Waals surface area contributed by atoms with E-state index in [-0.39, 0.29) is 5.91 Å². The Balaban J connectivity index is 1.74. The standard InChI is InChI=1S/C22H28N4O3/c1-3-23-22(28)24-21(27)20(17-9-5-4-6-10-17)26-15-13-25(14-16-26)18-11-7-8-12-19(18)29-2/h4-12,20H,3,13-16H2,1-2H3,(H2,23,24,27,28)/p+1/t20-/m1/s1. The van der Waals surface area contributed by atoms with Gasteiger partial charge in [0.05, 0.1) is 39.0 Å². The molecule has 0 aliphatic carbocycles. The number of piperazine rings is 1. The Hall–Kier alpha value is -3.06. The Morgan fingerprint density at radius 2 is 1.72 bits per heavy atom. The zero-order chi connectivity index (χ0) is 20.6. The first kappa shape index (κ1) is 20.7. The summed E-state index contributed by atoms with van der Waals surface area (Å²) >= 11 is 0. The Kier molecular flexibility index (Phi) is 7.08. The van der Waals surface area contributed by atoms with Gasteiger partial charge in [-0.1, -0.05) is 42.5 Å². The van der Waals surface area contributed by atoms with E-state index < -0.39 is 12.1 Å². The van der Waals surface area contributed by atoms with E-state index in [1.807, 2.05) is 55.5 Å². The summed E-state index contributed by atoms with van der Waals surface area (Å²) in [7, 11) is 1.68. The van der Waals surface area contributed by atoms with Crippen LogP contribution >= 0.6 is 0 Å². The normalized spacial score (nSPS) is 15.4. The third-order valence-electron chi connectivity index (χ3n) is 5.21. The van der Waals surface area contributed by atoms with Gasteiger partial charge in [0.25, 0.3) is 5.91 Å². The van der Waals surface area contributed by atoms with E-state index in [0.29, 0.717) is 6.54 Å². The van der Waals surface area contributed by atoms with Gasteiger partial charge in [0.15, 0.2) is 6.04 Å². The number of amides is 3. The molecule has 1 heterocycles. The van der Waals surface area contributed by atoms with Crippen molar-refractivity contribution < 1.29 is 19.2 Å². The van der Waals surface area contributed by atoms with Gasteiger partial charge in [0.2, 0.25) is 0 Å². The Morgan fingerprint density at radius 3 is 2.38 bits per heavy atom. The van der Waals surface area contributed by atoms with Gasteiger partial charge in [-0.05, 0) is 19.1 Å². The number of methoxy groups -OCH3 is 1. The number of hydrogen-bond donors (Lipinski definition) is 3. The van der Waals surface area contributed by atoms with E-state index >= 15 is 0 Å². The molecule has 3 rings (SSSR count). The van der Waals surface area contributed by atoms with Crippen LogP contribution in [0.2, 0.25) is 0 Å². The van der Waals surface area contributed by atoms with Crippen LogP contribution in [-0.2, 0) is 4.79 Å². The first-order chi connectivity index (χ1) is 14.1. The van der Waals surface area contributed by atoms with Crippen molar-refractivity contribution in [1.29, 1.82) is 0 Å². The van der Waals surface area contributed by atoms with Crippen molar-refractivity contribution in [2.45, 2.75) is 13.0 Å². The minimum absolute atomic E-state index is 0.275. The van der Waals surface area contributed by atoms with Crippen LogP contribution in [0.1, 0.15) is 18.5 Å². The van der Waals surface area contributed by atoms with Gasteiger partial charge in [0.1, 0.15) is 5.75 Å². The lowest BCUT2D eigenvalue weighted by Gasteiger charge is -2.37. The Labute approximate surface area is 171 Å². The highest BCUT2D eigenvalue weighted by molar-refractivity contribution is 5.96. The lowest BCUT2D eigenvalue weighted by Crippen LogP contribution is -3.16. The number of carbonyl (C=O) groups is 2. The second kappa shape index (κ2) is 9.93. The molecule has 0 unspecified atom stereocenters. The number of nitrogens with zero attached hydrogens (tertiary/aromatic N) is 1. The molecule has 29 heavy (non-hydrogen) atoms. The molecule has 7 nitrogen and oxygen atoms in total. The number of ether oxygens (including phenoxy) is 1. The third-order valence-corrected chi connectivity index (χ3v) is 5.21. The van der Waals surface area contributed by atoms with Crippen molar-refractivity contribution in [1.82, 2.24) is 10.6 Å². The Morgan fingerprint density at radius 1 is 1.07 bits per heavy atom. The fourth-order valence-electron chi connectivity index (χ4n) is 3.82. The van der Waals surface area contributed by atoms with Crippen molar-refractivity contribution in [3.05, 3.63) is 60.2 Å². The molecular formula is C22H29N4O3+. The fraction of sp³-hybridized carbons (Fsp3) is 0.364. The van der Waals surface area contributed by atoms with Crippen LogP contribution in [0.4, 0.5) is 10.5 Å². The summed E-state index contributed by atoms with van der Waals surface area (Å²) in [6.45, 7) is 5.45. The molecule has 0 saturated carbocycles. The summed E-state index contributed by atoms with van der Waals surface area (Å²) in [5, 5.41) is 5.12. The molecule has 3 amide bonds. The predicted octanol–water partition coefficient (Wildman–Crippen LogP) is 0.987. The molecule has 2 aromatic rings. The van der Waals surface area contributed by atoms with Crippen molar-refractivity contribution in [2.24, 2.45) is 0 Å². The highest BCUT2D eigenvalue weighted by Gasteiger charge is 2.35. The first-order valence-electron chi connectivity index (χ1n) is 10.00. The fourth-order valence-corrected chi connectivity index (χ4v) is 3.82. The number of nitrogens with one attached hydrogen (secondary N) is 3. The maximum Gasteiger partial charge on any atom is 0.321 e. The highest BCUT2D eigenvalue weighted by Crippen LogP contribution is 2.27. The monoisotopic (exact) mass is 397 g/mol. The molecule has 1 atom stereocenters. The number of rotatable bonds is 6. The van der Waals surface area contributed by atoms with Crippen LogP contribution in [0.5, 0.6) is 5.75 Å². The first-order valence-corrected chi connectivity index (χ1v) is 10.00. The molecule has 7 heteroatoms. The number of benzene rings is 2. The summed E-state index contributed by atoms with van der Waals surface area (Å²) in [6, 6.07) is 16.8. The molecule has 0 spiro atoms. The van der Waals surface area contributed by atoms with E-state index in [1.54, 1.807) is 7.11 Å². The van der Waals surface area contributed by atoms with Crippen molar-refractivity contribution >= 4 is 17.6 Å². The predicted molar refractivity (Wildman–Crippen MR) is 112 cm³/mol. The number of quaternary nitrogens is 1. The molecule has 0 aromatic heterocycles. The minimum atomic E-state index is -0.453. The number of carbonyl (C=O) groups excluding carboxylic acids is 2.